The third-order valence-corrected chi connectivity index (χ3v) is 2.51. The van der Waals surface area contributed by atoms with Crippen LogP contribution in [0.4, 0.5) is 0 Å². The average Bonchev–Trinajstić information content (AvgIpc) is 2.65. The van der Waals surface area contributed by atoms with Crippen LogP contribution in [0.5, 0.6) is 0 Å². The Balaban J connectivity index is 2.16. The van der Waals surface area contributed by atoms with Crippen molar-refractivity contribution in [2.45, 2.75) is 51.8 Å². The van der Waals surface area contributed by atoms with Crippen molar-refractivity contribution in [2.75, 3.05) is 13.2 Å². The van der Waals surface area contributed by atoms with Crippen molar-refractivity contribution in [2.24, 2.45) is 0 Å². The van der Waals surface area contributed by atoms with Crippen molar-refractivity contribution in [1.29, 1.82) is 0 Å². The lowest BCUT2D eigenvalue weighted by molar-refractivity contribution is -0.132. The van der Waals surface area contributed by atoms with Gasteiger partial charge in [0.05, 0.1) is 6.61 Å². The van der Waals surface area contributed by atoms with Crippen LogP contribution in [0.25, 0.3) is 0 Å². The lowest BCUT2D eigenvalue weighted by Gasteiger charge is -2.17. The maximum atomic E-state index is 11.5. The minimum Gasteiger partial charge on any atom is -0.367 e. The fourth-order valence-electron chi connectivity index (χ4n) is 1.64. The number of carbonyl (C=O) groups is 1. The fraction of sp³-hybridized carbons (Fsp3) is 0.909. The smallest absolute Gasteiger partial charge is 0.249 e. The van der Waals surface area contributed by atoms with Crippen molar-refractivity contribution in [1.82, 2.24) is 10.6 Å². The molecule has 2 atom stereocenters. The highest BCUT2D eigenvalue weighted by molar-refractivity contribution is 5.80. The van der Waals surface area contributed by atoms with Crippen LogP contribution in [-0.4, -0.2) is 37.2 Å². The zero-order valence-corrected chi connectivity index (χ0v) is 9.88. The van der Waals surface area contributed by atoms with E-state index in [0.717, 1.165) is 13.0 Å². The molecule has 1 aliphatic heterocycles. The molecule has 4 heteroatoms. The normalized spacial score (nSPS) is 23.1. The predicted molar refractivity (Wildman–Crippen MR) is 59.7 cm³/mol. The number of nitrogens with one attached hydrogen (secondary N) is 2. The molecule has 0 bridgehead atoms. The zero-order chi connectivity index (χ0) is 11.3. The van der Waals surface area contributed by atoms with Crippen LogP contribution in [-0.2, 0) is 9.53 Å². The topological polar surface area (TPSA) is 50.4 Å². The Morgan fingerprint density at radius 2 is 2.27 bits per heavy atom. The van der Waals surface area contributed by atoms with E-state index >= 15 is 0 Å². The maximum Gasteiger partial charge on any atom is 0.249 e. The highest BCUT2D eigenvalue weighted by Gasteiger charge is 2.18. The molecule has 1 heterocycles. The minimum atomic E-state index is -0.352. The molecule has 1 rings (SSSR count). The molecule has 15 heavy (non-hydrogen) atoms. The van der Waals surface area contributed by atoms with Gasteiger partial charge in [-0.1, -0.05) is 0 Å². The third kappa shape index (κ3) is 4.62. The van der Waals surface area contributed by atoms with E-state index in [2.05, 4.69) is 10.6 Å². The second kappa shape index (κ2) is 6.08. The molecule has 88 valence electrons. The SMILES string of the molecule is CC(C)NC(=O)C(C)OCC1CCCN1. The summed E-state index contributed by atoms with van der Waals surface area (Å²) in [7, 11) is 0. The maximum absolute atomic E-state index is 11.5. The molecule has 0 aromatic rings. The van der Waals surface area contributed by atoms with Gasteiger partial charge < -0.3 is 15.4 Å². The molecule has 4 nitrogen and oxygen atoms in total. The van der Waals surface area contributed by atoms with Gasteiger partial charge in [0, 0.05) is 12.1 Å². The van der Waals surface area contributed by atoms with Crippen LogP contribution in [0.3, 0.4) is 0 Å². The molecule has 0 radical (unpaired) electrons. The summed E-state index contributed by atoms with van der Waals surface area (Å²) in [5.74, 6) is -0.0250. The first-order valence-electron chi connectivity index (χ1n) is 5.75. The highest BCUT2D eigenvalue weighted by Crippen LogP contribution is 2.06. The van der Waals surface area contributed by atoms with Crippen LogP contribution in [0.1, 0.15) is 33.6 Å². The molecule has 0 aromatic carbocycles. The summed E-state index contributed by atoms with van der Waals surface area (Å²) in [4.78, 5) is 11.5. The predicted octanol–water partition coefficient (Wildman–Crippen LogP) is 0.668. The molecule has 1 aliphatic rings. The van der Waals surface area contributed by atoms with Crippen LogP contribution in [0.2, 0.25) is 0 Å². The van der Waals surface area contributed by atoms with Crippen molar-refractivity contribution < 1.29 is 9.53 Å². The molecular formula is C11H22N2O2. The number of carbonyl (C=O) groups excluding carboxylic acids is 1. The van der Waals surface area contributed by atoms with Crippen LogP contribution < -0.4 is 10.6 Å². The first kappa shape index (κ1) is 12.5. The van der Waals surface area contributed by atoms with Gasteiger partial charge >= 0.3 is 0 Å². The van der Waals surface area contributed by atoms with Crippen molar-refractivity contribution in [3.63, 3.8) is 0 Å². The number of ether oxygens (including phenoxy) is 1. The van der Waals surface area contributed by atoms with Crippen molar-refractivity contribution in [3.8, 4) is 0 Å². The van der Waals surface area contributed by atoms with Crippen molar-refractivity contribution >= 4 is 5.91 Å². The zero-order valence-electron chi connectivity index (χ0n) is 9.88. The Kier molecular flexibility index (Phi) is 5.05. The molecule has 0 saturated carbocycles. The van der Waals surface area contributed by atoms with E-state index in [4.69, 9.17) is 4.74 Å². The summed E-state index contributed by atoms with van der Waals surface area (Å²) in [5, 5.41) is 6.17. The second-order valence-electron chi connectivity index (χ2n) is 4.43. The summed E-state index contributed by atoms with van der Waals surface area (Å²) in [6.45, 7) is 7.40. The summed E-state index contributed by atoms with van der Waals surface area (Å²) in [6.07, 6.45) is 2.01. The van der Waals surface area contributed by atoms with Crippen LogP contribution in [0, 0.1) is 0 Å². The van der Waals surface area contributed by atoms with Gasteiger partial charge in [0.25, 0.3) is 0 Å². The van der Waals surface area contributed by atoms with Gasteiger partial charge in [-0.25, -0.2) is 0 Å². The van der Waals surface area contributed by atoms with E-state index in [1.807, 2.05) is 13.8 Å². The Morgan fingerprint density at radius 1 is 1.53 bits per heavy atom. The van der Waals surface area contributed by atoms with Gasteiger partial charge in [0.1, 0.15) is 6.10 Å². The van der Waals surface area contributed by atoms with Gasteiger partial charge in [-0.3, -0.25) is 4.79 Å². The number of amides is 1. The largest absolute Gasteiger partial charge is 0.367 e. The van der Waals surface area contributed by atoms with Gasteiger partial charge in [-0.15, -0.1) is 0 Å². The molecule has 1 amide bonds. The van der Waals surface area contributed by atoms with Crippen LogP contribution in [0.15, 0.2) is 0 Å². The van der Waals surface area contributed by atoms with Gasteiger partial charge in [0.15, 0.2) is 0 Å². The second-order valence-corrected chi connectivity index (χ2v) is 4.43. The number of hydrogen-bond donors (Lipinski definition) is 2. The molecule has 0 spiro atoms. The quantitative estimate of drug-likeness (QED) is 0.707. The average molecular weight is 214 g/mol. The van der Waals surface area contributed by atoms with Crippen LogP contribution >= 0.6 is 0 Å². The summed E-state index contributed by atoms with van der Waals surface area (Å²) < 4.78 is 5.51. The minimum absolute atomic E-state index is 0.0250. The van der Waals surface area contributed by atoms with Gasteiger partial charge in [-0.2, -0.15) is 0 Å². The summed E-state index contributed by atoms with van der Waals surface area (Å²) in [6, 6.07) is 0.604. The Morgan fingerprint density at radius 3 is 2.80 bits per heavy atom. The van der Waals surface area contributed by atoms with E-state index in [1.54, 1.807) is 6.92 Å². The highest BCUT2D eigenvalue weighted by atomic mass is 16.5. The van der Waals surface area contributed by atoms with E-state index in [0.29, 0.717) is 12.6 Å². The molecule has 2 N–H and O–H groups in total. The summed E-state index contributed by atoms with van der Waals surface area (Å²) in [5.41, 5.74) is 0. The Labute approximate surface area is 91.8 Å². The van der Waals surface area contributed by atoms with Crippen molar-refractivity contribution in [3.05, 3.63) is 0 Å². The van der Waals surface area contributed by atoms with Gasteiger partial charge in [0.2, 0.25) is 5.91 Å². The first-order valence-corrected chi connectivity index (χ1v) is 5.75. The molecule has 1 saturated heterocycles. The third-order valence-electron chi connectivity index (χ3n) is 2.51. The number of hydrogen-bond acceptors (Lipinski definition) is 3. The van der Waals surface area contributed by atoms with E-state index < -0.39 is 0 Å². The molecular weight excluding hydrogens is 192 g/mol. The Bertz CT molecular complexity index is 201. The number of rotatable bonds is 5. The first-order chi connectivity index (χ1) is 7.09. The lowest BCUT2D eigenvalue weighted by Crippen LogP contribution is -2.40. The molecule has 2 unspecified atom stereocenters. The fourth-order valence-corrected chi connectivity index (χ4v) is 1.64. The van der Waals surface area contributed by atoms with Gasteiger partial charge in [-0.05, 0) is 40.2 Å². The summed E-state index contributed by atoms with van der Waals surface area (Å²) >= 11 is 0. The molecule has 0 aliphatic carbocycles. The Hall–Kier alpha value is -0.610. The molecule has 1 fully saturated rings. The lowest BCUT2D eigenvalue weighted by atomic mass is 10.2. The monoisotopic (exact) mass is 214 g/mol. The molecule has 0 aromatic heterocycles. The van der Waals surface area contributed by atoms with E-state index in [9.17, 15) is 4.79 Å². The van der Waals surface area contributed by atoms with E-state index in [1.165, 1.54) is 6.42 Å². The van der Waals surface area contributed by atoms with E-state index in [-0.39, 0.29) is 18.1 Å². The standard InChI is InChI=1S/C11H22N2O2/c1-8(2)13-11(14)9(3)15-7-10-5-4-6-12-10/h8-10,12H,4-7H2,1-3H3,(H,13,14).